The second kappa shape index (κ2) is 6.31. The van der Waals surface area contributed by atoms with E-state index in [1.165, 1.54) is 30.6 Å². The van der Waals surface area contributed by atoms with Crippen LogP contribution in [-0.4, -0.2) is 5.25 Å². The molecule has 18 heavy (non-hydrogen) atoms. The summed E-state index contributed by atoms with van der Waals surface area (Å²) in [4.78, 5) is 1.21. The van der Waals surface area contributed by atoms with Crippen molar-refractivity contribution < 1.29 is 0 Å². The van der Waals surface area contributed by atoms with Gasteiger partial charge in [-0.1, -0.05) is 37.4 Å². The first kappa shape index (κ1) is 14.2. The van der Waals surface area contributed by atoms with Crippen LogP contribution in [0, 0.1) is 5.92 Å². The van der Waals surface area contributed by atoms with Crippen LogP contribution < -0.4 is 5.73 Å². The van der Waals surface area contributed by atoms with E-state index in [-0.39, 0.29) is 6.04 Å². The van der Waals surface area contributed by atoms with Gasteiger partial charge in [-0.2, -0.15) is 0 Å². The minimum absolute atomic E-state index is 0.0521. The highest BCUT2D eigenvalue weighted by atomic mass is 35.5. The summed E-state index contributed by atoms with van der Waals surface area (Å²) in [5.41, 5.74) is 6.98. The molecule has 2 rings (SSSR count). The van der Waals surface area contributed by atoms with E-state index in [4.69, 9.17) is 17.3 Å². The van der Waals surface area contributed by atoms with Gasteiger partial charge >= 0.3 is 0 Å². The van der Waals surface area contributed by atoms with Gasteiger partial charge in [0.05, 0.1) is 5.02 Å². The Hall–Kier alpha value is -0.180. The average molecular weight is 284 g/mol. The molecule has 100 valence electrons. The summed E-state index contributed by atoms with van der Waals surface area (Å²) in [5, 5.41) is 1.58. The molecule has 1 aliphatic carbocycles. The first-order valence-electron chi connectivity index (χ1n) is 6.78. The van der Waals surface area contributed by atoms with Gasteiger partial charge in [-0.05, 0) is 43.4 Å². The molecule has 1 fully saturated rings. The van der Waals surface area contributed by atoms with E-state index in [1.807, 2.05) is 24.8 Å². The first-order chi connectivity index (χ1) is 8.56. The summed E-state index contributed by atoms with van der Waals surface area (Å²) in [6.45, 7) is 4.34. The van der Waals surface area contributed by atoms with Crippen molar-refractivity contribution in [3.8, 4) is 0 Å². The number of nitrogens with two attached hydrogens (primary N) is 1. The molecule has 0 aliphatic heterocycles. The summed E-state index contributed by atoms with van der Waals surface area (Å²) in [6.07, 6.45) is 5.37. The fourth-order valence-corrected chi connectivity index (χ4v) is 4.27. The van der Waals surface area contributed by atoms with Gasteiger partial charge in [-0.15, -0.1) is 11.8 Å². The number of hydrogen-bond donors (Lipinski definition) is 1. The molecule has 0 aromatic heterocycles. The van der Waals surface area contributed by atoms with Crippen LogP contribution in [0.4, 0.5) is 0 Å². The molecule has 1 nitrogen and oxygen atoms in total. The van der Waals surface area contributed by atoms with E-state index < -0.39 is 0 Å². The monoisotopic (exact) mass is 283 g/mol. The molecule has 1 aliphatic rings. The summed E-state index contributed by atoms with van der Waals surface area (Å²) >= 11 is 8.30. The Bertz CT molecular complexity index is 405. The van der Waals surface area contributed by atoms with Gasteiger partial charge in [0, 0.05) is 16.2 Å². The molecule has 0 spiro atoms. The predicted octanol–water partition coefficient (Wildman–Crippen LogP) is 5.03. The fourth-order valence-electron chi connectivity index (χ4n) is 2.56. The van der Waals surface area contributed by atoms with E-state index in [0.29, 0.717) is 0 Å². The van der Waals surface area contributed by atoms with Crippen LogP contribution in [0.15, 0.2) is 23.1 Å². The smallest absolute Gasteiger partial charge is 0.0545 e. The highest BCUT2D eigenvalue weighted by Gasteiger charge is 2.20. The maximum atomic E-state index is 6.35. The second-order valence-electron chi connectivity index (χ2n) is 5.49. The third-order valence-corrected chi connectivity index (χ3v) is 5.46. The van der Waals surface area contributed by atoms with Gasteiger partial charge in [0.25, 0.3) is 0 Å². The number of rotatable bonds is 3. The molecule has 3 atom stereocenters. The van der Waals surface area contributed by atoms with Gasteiger partial charge in [-0.3, -0.25) is 0 Å². The van der Waals surface area contributed by atoms with Crippen molar-refractivity contribution in [1.29, 1.82) is 0 Å². The van der Waals surface area contributed by atoms with Gasteiger partial charge in [0.15, 0.2) is 0 Å². The van der Waals surface area contributed by atoms with Crippen molar-refractivity contribution in [3.63, 3.8) is 0 Å². The quantitative estimate of drug-likeness (QED) is 0.842. The molecule has 1 saturated carbocycles. The van der Waals surface area contributed by atoms with E-state index in [1.54, 1.807) is 0 Å². The largest absolute Gasteiger partial charge is 0.324 e. The molecule has 1 aromatic rings. The van der Waals surface area contributed by atoms with Crippen molar-refractivity contribution in [1.82, 2.24) is 0 Å². The molecule has 0 heterocycles. The van der Waals surface area contributed by atoms with Crippen LogP contribution in [0.3, 0.4) is 0 Å². The van der Waals surface area contributed by atoms with E-state index in [9.17, 15) is 0 Å². The average Bonchev–Trinajstić information content (AvgIpc) is 2.31. The lowest BCUT2D eigenvalue weighted by Crippen LogP contribution is -2.15. The Balaban J connectivity index is 2.05. The SMILES string of the molecule is CC1CCCC(Sc2ccc(C(C)N)cc2Cl)C1. The van der Waals surface area contributed by atoms with Gasteiger partial charge in [0.1, 0.15) is 0 Å². The molecule has 0 radical (unpaired) electrons. The second-order valence-corrected chi connectivity index (χ2v) is 7.24. The van der Waals surface area contributed by atoms with Crippen molar-refractivity contribution >= 4 is 23.4 Å². The zero-order chi connectivity index (χ0) is 13.1. The van der Waals surface area contributed by atoms with Crippen molar-refractivity contribution in [2.45, 2.75) is 55.7 Å². The lowest BCUT2D eigenvalue weighted by molar-refractivity contribution is 0.394. The highest BCUT2D eigenvalue weighted by molar-refractivity contribution is 8.00. The van der Waals surface area contributed by atoms with Crippen LogP contribution in [-0.2, 0) is 0 Å². The predicted molar refractivity (Wildman–Crippen MR) is 81.3 cm³/mol. The molecule has 3 unspecified atom stereocenters. The zero-order valence-electron chi connectivity index (χ0n) is 11.2. The summed E-state index contributed by atoms with van der Waals surface area (Å²) in [6, 6.07) is 6.30. The van der Waals surface area contributed by atoms with Crippen LogP contribution >= 0.6 is 23.4 Å². The number of benzene rings is 1. The maximum absolute atomic E-state index is 6.35. The molecular formula is C15H22ClNS. The Morgan fingerprint density at radius 3 is 2.78 bits per heavy atom. The third-order valence-electron chi connectivity index (χ3n) is 3.66. The van der Waals surface area contributed by atoms with Crippen molar-refractivity contribution in [3.05, 3.63) is 28.8 Å². The lowest BCUT2D eigenvalue weighted by atomic mass is 9.91. The summed E-state index contributed by atoms with van der Waals surface area (Å²) in [7, 11) is 0. The van der Waals surface area contributed by atoms with Crippen LogP contribution in [0.5, 0.6) is 0 Å². The fraction of sp³-hybridized carbons (Fsp3) is 0.600. The standard InChI is InChI=1S/C15H22ClNS/c1-10-4-3-5-13(8-10)18-15-7-6-12(11(2)17)9-14(15)16/h6-7,9-11,13H,3-5,8,17H2,1-2H3. The maximum Gasteiger partial charge on any atom is 0.0545 e. The number of halogens is 1. The zero-order valence-corrected chi connectivity index (χ0v) is 12.7. The van der Waals surface area contributed by atoms with E-state index >= 15 is 0 Å². The summed E-state index contributed by atoms with van der Waals surface area (Å²) in [5.74, 6) is 0.860. The first-order valence-corrected chi connectivity index (χ1v) is 8.03. The molecule has 3 heteroatoms. The van der Waals surface area contributed by atoms with E-state index in [2.05, 4.69) is 19.1 Å². The molecule has 0 amide bonds. The molecule has 2 N–H and O–H groups in total. The lowest BCUT2D eigenvalue weighted by Gasteiger charge is -2.26. The Morgan fingerprint density at radius 2 is 2.17 bits per heavy atom. The van der Waals surface area contributed by atoms with Crippen molar-refractivity contribution in [2.24, 2.45) is 11.7 Å². The molecule has 1 aromatic carbocycles. The number of thioether (sulfide) groups is 1. The normalized spacial score (nSPS) is 26.0. The van der Waals surface area contributed by atoms with E-state index in [0.717, 1.165) is 21.8 Å². The minimum Gasteiger partial charge on any atom is -0.324 e. The minimum atomic E-state index is 0.0521. The van der Waals surface area contributed by atoms with Crippen LogP contribution in [0.2, 0.25) is 5.02 Å². The molecular weight excluding hydrogens is 262 g/mol. The van der Waals surface area contributed by atoms with Gasteiger partial charge in [0.2, 0.25) is 0 Å². The van der Waals surface area contributed by atoms with Crippen LogP contribution in [0.25, 0.3) is 0 Å². The number of hydrogen-bond acceptors (Lipinski definition) is 2. The van der Waals surface area contributed by atoms with Crippen molar-refractivity contribution in [2.75, 3.05) is 0 Å². The topological polar surface area (TPSA) is 26.0 Å². The Kier molecular flexibility index (Phi) is 4.99. The third kappa shape index (κ3) is 3.66. The highest BCUT2D eigenvalue weighted by Crippen LogP contribution is 2.39. The van der Waals surface area contributed by atoms with Gasteiger partial charge < -0.3 is 5.73 Å². The summed E-state index contributed by atoms with van der Waals surface area (Å²) < 4.78 is 0. The Labute approximate surface area is 119 Å². The van der Waals surface area contributed by atoms with Crippen LogP contribution in [0.1, 0.15) is 51.1 Å². The molecule has 0 saturated heterocycles. The molecule has 0 bridgehead atoms. The van der Waals surface area contributed by atoms with Gasteiger partial charge in [-0.25, -0.2) is 0 Å². The Morgan fingerprint density at radius 1 is 1.39 bits per heavy atom.